The van der Waals surface area contributed by atoms with Gasteiger partial charge in [0.15, 0.2) is 0 Å². The molecule has 0 radical (unpaired) electrons. The molecular formula is C32H41N3O4. The molecule has 7 heteroatoms. The van der Waals surface area contributed by atoms with Gasteiger partial charge in [0.05, 0.1) is 17.1 Å². The quantitative estimate of drug-likeness (QED) is 0.344. The maximum atomic E-state index is 12.7. The molecule has 0 N–H and O–H groups in total. The van der Waals surface area contributed by atoms with Crippen molar-refractivity contribution >= 4 is 23.1 Å². The fraction of sp³-hybridized carbons (Fsp3) is 0.469. The molecule has 1 saturated heterocycles. The van der Waals surface area contributed by atoms with Crippen LogP contribution in [0.15, 0.2) is 48.7 Å². The number of nitrogens with zero attached hydrogens (tertiary/aromatic N) is 3. The van der Waals surface area contributed by atoms with Gasteiger partial charge in [0.1, 0.15) is 11.2 Å². The molecule has 0 unspecified atom stereocenters. The Morgan fingerprint density at radius 3 is 2.13 bits per heavy atom. The Labute approximate surface area is 232 Å². The Hall–Kier alpha value is -3.79. The minimum atomic E-state index is -0.552. The molecule has 39 heavy (non-hydrogen) atoms. The lowest BCUT2D eigenvalue weighted by Crippen LogP contribution is -2.35. The molecule has 1 fully saturated rings. The lowest BCUT2D eigenvalue weighted by molar-refractivity contribution is 0.0287. The largest absolute Gasteiger partial charge is 0.444 e. The van der Waals surface area contributed by atoms with Crippen LogP contribution in [0.2, 0.25) is 0 Å². The number of likely N-dealkylation sites (tertiary alicyclic amines) is 1. The average Bonchev–Trinajstić information content (AvgIpc) is 3.48. The SMILES string of the molecule is Cc1cc(C)c2c(ccn2C(=O)OC(C)(C)C)c1C[C@H]1CCN(C(=O)OC(C)(C)C)C1.N#Cc1ccccc1. The van der Waals surface area contributed by atoms with Crippen LogP contribution in [-0.4, -0.2) is 45.9 Å². The molecule has 1 atom stereocenters. The smallest absolute Gasteiger partial charge is 0.418 e. The van der Waals surface area contributed by atoms with Crippen LogP contribution in [0.25, 0.3) is 10.9 Å². The highest BCUT2D eigenvalue weighted by Gasteiger charge is 2.31. The minimum absolute atomic E-state index is 0.239. The van der Waals surface area contributed by atoms with Crippen LogP contribution < -0.4 is 0 Å². The van der Waals surface area contributed by atoms with Gasteiger partial charge in [-0.05, 0) is 109 Å². The zero-order chi connectivity index (χ0) is 29.0. The number of hydrogen-bond acceptors (Lipinski definition) is 5. The molecule has 2 aromatic carbocycles. The second kappa shape index (κ2) is 11.9. The van der Waals surface area contributed by atoms with Gasteiger partial charge in [0.25, 0.3) is 0 Å². The average molecular weight is 532 g/mol. The molecule has 1 aliphatic heterocycles. The van der Waals surface area contributed by atoms with Gasteiger partial charge in [-0.25, -0.2) is 9.59 Å². The highest BCUT2D eigenvalue weighted by molar-refractivity contribution is 5.94. The van der Waals surface area contributed by atoms with E-state index in [1.54, 1.807) is 22.9 Å². The van der Waals surface area contributed by atoms with Crippen LogP contribution in [-0.2, 0) is 15.9 Å². The highest BCUT2D eigenvalue weighted by atomic mass is 16.6. The number of hydrogen-bond donors (Lipinski definition) is 0. The van der Waals surface area contributed by atoms with Crippen LogP contribution in [0.5, 0.6) is 0 Å². The maximum absolute atomic E-state index is 12.7. The topological polar surface area (TPSA) is 84.6 Å². The van der Waals surface area contributed by atoms with Gasteiger partial charge < -0.3 is 14.4 Å². The number of aromatic nitrogens is 1. The van der Waals surface area contributed by atoms with E-state index in [0.29, 0.717) is 24.6 Å². The molecule has 0 saturated carbocycles. The van der Waals surface area contributed by atoms with E-state index in [-0.39, 0.29) is 12.2 Å². The number of aryl methyl sites for hydroxylation is 2. The molecule has 0 aliphatic carbocycles. The monoisotopic (exact) mass is 531 g/mol. The van der Waals surface area contributed by atoms with Crippen molar-refractivity contribution in [1.82, 2.24) is 9.47 Å². The van der Waals surface area contributed by atoms with Gasteiger partial charge >= 0.3 is 12.2 Å². The van der Waals surface area contributed by atoms with Crippen LogP contribution in [0.4, 0.5) is 9.59 Å². The second-order valence-corrected chi connectivity index (χ2v) is 12.2. The van der Waals surface area contributed by atoms with Gasteiger partial charge in [0, 0.05) is 24.7 Å². The van der Waals surface area contributed by atoms with Crippen molar-refractivity contribution < 1.29 is 19.1 Å². The zero-order valence-corrected chi connectivity index (χ0v) is 24.5. The number of nitriles is 1. The van der Waals surface area contributed by atoms with E-state index in [2.05, 4.69) is 13.0 Å². The number of amides is 1. The highest BCUT2D eigenvalue weighted by Crippen LogP contribution is 2.32. The number of benzene rings is 2. The predicted molar refractivity (Wildman–Crippen MR) is 154 cm³/mol. The molecule has 1 aliphatic rings. The molecule has 2 heterocycles. The van der Waals surface area contributed by atoms with Crippen molar-refractivity contribution in [3.05, 3.63) is 70.9 Å². The van der Waals surface area contributed by atoms with Crippen molar-refractivity contribution in [2.24, 2.45) is 5.92 Å². The van der Waals surface area contributed by atoms with Gasteiger partial charge in [-0.2, -0.15) is 5.26 Å². The third-order valence-corrected chi connectivity index (χ3v) is 6.42. The lowest BCUT2D eigenvalue weighted by Gasteiger charge is -2.24. The predicted octanol–water partition coefficient (Wildman–Crippen LogP) is 7.40. The lowest BCUT2D eigenvalue weighted by atomic mass is 9.91. The van der Waals surface area contributed by atoms with Crippen LogP contribution in [0, 0.1) is 31.1 Å². The first-order valence-electron chi connectivity index (χ1n) is 13.4. The summed E-state index contributed by atoms with van der Waals surface area (Å²) in [4.78, 5) is 27.0. The molecule has 0 bridgehead atoms. The molecule has 208 valence electrons. The van der Waals surface area contributed by atoms with Crippen LogP contribution in [0.1, 0.15) is 70.2 Å². The summed E-state index contributed by atoms with van der Waals surface area (Å²) in [5.74, 6) is 0.363. The number of rotatable bonds is 2. The molecule has 7 nitrogen and oxygen atoms in total. The molecule has 4 rings (SSSR count). The summed E-state index contributed by atoms with van der Waals surface area (Å²) in [6, 6.07) is 15.3. The van der Waals surface area contributed by atoms with Crippen molar-refractivity contribution in [1.29, 1.82) is 5.26 Å². The summed E-state index contributed by atoms with van der Waals surface area (Å²) in [5, 5.41) is 9.37. The number of carbonyl (C=O) groups is 2. The third kappa shape index (κ3) is 8.10. The molecule has 0 spiro atoms. The van der Waals surface area contributed by atoms with Crippen molar-refractivity contribution in [2.45, 2.75) is 79.4 Å². The molecule has 1 amide bonds. The van der Waals surface area contributed by atoms with Crippen molar-refractivity contribution in [3.63, 3.8) is 0 Å². The summed E-state index contributed by atoms with van der Waals surface area (Å²) < 4.78 is 12.7. The maximum Gasteiger partial charge on any atom is 0.418 e. The van der Waals surface area contributed by atoms with E-state index in [4.69, 9.17) is 14.7 Å². The van der Waals surface area contributed by atoms with E-state index < -0.39 is 11.2 Å². The van der Waals surface area contributed by atoms with E-state index >= 15 is 0 Å². The summed E-state index contributed by atoms with van der Waals surface area (Å²) in [7, 11) is 0. The number of fused-ring (bicyclic) bond motifs is 1. The number of ether oxygens (including phenoxy) is 2. The van der Waals surface area contributed by atoms with Gasteiger partial charge in [-0.1, -0.05) is 24.3 Å². The first-order chi connectivity index (χ1) is 18.2. The summed E-state index contributed by atoms with van der Waals surface area (Å²) >= 11 is 0. The fourth-order valence-corrected chi connectivity index (χ4v) is 4.80. The van der Waals surface area contributed by atoms with Crippen LogP contribution >= 0.6 is 0 Å². The summed E-state index contributed by atoms with van der Waals surface area (Å²) in [6.45, 7) is 16.8. The normalized spacial score (nSPS) is 15.4. The second-order valence-electron chi connectivity index (χ2n) is 12.2. The van der Waals surface area contributed by atoms with Gasteiger partial charge in [-0.15, -0.1) is 0 Å². The van der Waals surface area contributed by atoms with Gasteiger partial charge in [0.2, 0.25) is 0 Å². The standard InChI is InChI=1S/C25H36N2O4.C7H5N/c1-16-13-17(2)21-19(10-12-27(21)23(29)31-25(6,7)8)20(16)14-18-9-11-26(15-18)22(28)30-24(3,4)5;8-6-7-4-2-1-3-5-7/h10,12-13,18H,9,11,14-15H2,1-8H3;1-5H/t18-;/m1./s1. The van der Waals surface area contributed by atoms with E-state index in [9.17, 15) is 9.59 Å². The summed E-state index contributed by atoms with van der Waals surface area (Å²) in [6.07, 6.45) is 3.01. The Morgan fingerprint density at radius 2 is 1.56 bits per heavy atom. The number of carbonyl (C=O) groups excluding carboxylic acids is 2. The van der Waals surface area contributed by atoms with E-state index in [1.807, 2.05) is 83.7 Å². The Morgan fingerprint density at radius 1 is 0.949 bits per heavy atom. The minimum Gasteiger partial charge on any atom is -0.444 e. The Bertz CT molecular complexity index is 1350. The fourth-order valence-electron chi connectivity index (χ4n) is 4.80. The zero-order valence-electron chi connectivity index (χ0n) is 24.5. The van der Waals surface area contributed by atoms with E-state index in [0.717, 1.165) is 29.3 Å². The Kier molecular flexibility index (Phi) is 9.11. The molecule has 1 aromatic heterocycles. The third-order valence-electron chi connectivity index (χ3n) is 6.42. The van der Waals surface area contributed by atoms with Crippen molar-refractivity contribution in [2.75, 3.05) is 13.1 Å². The molecule has 3 aromatic rings. The molecular weight excluding hydrogens is 490 g/mol. The van der Waals surface area contributed by atoms with Crippen LogP contribution in [0.3, 0.4) is 0 Å². The first-order valence-corrected chi connectivity index (χ1v) is 13.4. The first kappa shape index (κ1) is 29.8. The summed E-state index contributed by atoms with van der Waals surface area (Å²) in [5.41, 5.74) is 4.07. The van der Waals surface area contributed by atoms with Crippen molar-refractivity contribution in [3.8, 4) is 6.07 Å². The van der Waals surface area contributed by atoms with Gasteiger partial charge in [-0.3, -0.25) is 4.57 Å². The van der Waals surface area contributed by atoms with E-state index in [1.165, 1.54) is 11.1 Å². The Balaban J connectivity index is 0.000000449.